The van der Waals surface area contributed by atoms with Gasteiger partial charge in [0.25, 0.3) is 0 Å². The molecule has 4 heteroatoms. The van der Waals surface area contributed by atoms with Gasteiger partial charge in [-0.15, -0.1) is 0 Å². The van der Waals surface area contributed by atoms with Gasteiger partial charge in [0, 0.05) is 6.54 Å². The number of amides is 1. The highest BCUT2D eigenvalue weighted by Crippen LogP contribution is 1.99. The normalized spacial score (nSPS) is 12.8. The topological polar surface area (TPSA) is 54.3 Å². The minimum Gasteiger partial charge on any atom is -0.468 e. The Kier molecular flexibility index (Phi) is 5.05. The minimum atomic E-state index is -0.205. The predicted molar refractivity (Wildman–Crippen MR) is 62.9 cm³/mol. The van der Waals surface area contributed by atoms with Crippen LogP contribution in [0.4, 0.5) is 0 Å². The molecule has 0 aliphatic rings. The average Bonchev–Trinajstić information content (AvgIpc) is 2.75. The molecular formula is C12H20N2O2. The second kappa shape index (κ2) is 6.33. The molecule has 0 radical (unpaired) electrons. The van der Waals surface area contributed by atoms with E-state index in [0.29, 0.717) is 19.0 Å². The van der Waals surface area contributed by atoms with Crippen molar-refractivity contribution in [2.24, 2.45) is 5.92 Å². The Bertz CT molecular complexity index is 307. The van der Waals surface area contributed by atoms with E-state index in [-0.39, 0.29) is 11.9 Å². The number of carbonyl (C=O) groups excluding carboxylic acids is 1. The lowest BCUT2D eigenvalue weighted by Crippen LogP contribution is -2.42. The number of carbonyl (C=O) groups is 1. The van der Waals surface area contributed by atoms with Gasteiger partial charge in [0.05, 0.1) is 18.8 Å². The maximum absolute atomic E-state index is 11.6. The molecule has 0 saturated heterocycles. The maximum Gasteiger partial charge on any atom is 0.236 e. The van der Waals surface area contributed by atoms with Crippen molar-refractivity contribution in [3.8, 4) is 0 Å². The third kappa shape index (κ3) is 4.49. The molecule has 0 aliphatic carbocycles. The van der Waals surface area contributed by atoms with Crippen LogP contribution in [0.15, 0.2) is 22.8 Å². The molecule has 2 N–H and O–H groups in total. The number of hydrogen-bond donors (Lipinski definition) is 2. The molecule has 0 saturated carbocycles. The summed E-state index contributed by atoms with van der Waals surface area (Å²) in [7, 11) is 0. The van der Waals surface area contributed by atoms with Gasteiger partial charge in [-0.05, 0) is 25.0 Å². The highest BCUT2D eigenvalue weighted by Gasteiger charge is 2.12. The van der Waals surface area contributed by atoms with Gasteiger partial charge in [-0.1, -0.05) is 13.8 Å². The fourth-order valence-electron chi connectivity index (χ4n) is 1.22. The van der Waals surface area contributed by atoms with Crippen molar-refractivity contribution in [3.05, 3.63) is 24.2 Å². The van der Waals surface area contributed by atoms with Crippen molar-refractivity contribution in [1.82, 2.24) is 10.6 Å². The summed E-state index contributed by atoms with van der Waals surface area (Å²) in [5.74, 6) is 1.34. The zero-order chi connectivity index (χ0) is 12.0. The van der Waals surface area contributed by atoms with Crippen LogP contribution in [0.1, 0.15) is 26.5 Å². The summed E-state index contributed by atoms with van der Waals surface area (Å²) in [6, 6.07) is 3.51. The van der Waals surface area contributed by atoms with Crippen LogP contribution in [-0.4, -0.2) is 18.5 Å². The first kappa shape index (κ1) is 12.8. The van der Waals surface area contributed by atoms with Crippen molar-refractivity contribution in [2.45, 2.75) is 33.4 Å². The summed E-state index contributed by atoms with van der Waals surface area (Å²) in [4.78, 5) is 11.6. The average molecular weight is 224 g/mol. The summed E-state index contributed by atoms with van der Waals surface area (Å²) >= 11 is 0. The van der Waals surface area contributed by atoms with E-state index < -0.39 is 0 Å². The molecule has 0 fully saturated rings. The molecule has 90 valence electrons. The van der Waals surface area contributed by atoms with Crippen LogP contribution in [0.3, 0.4) is 0 Å². The Morgan fingerprint density at radius 2 is 2.19 bits per heavy atom. The summed E-state index contributed by atoms with van der Waals surface area (Å²) in [6.07, 6.45) is 1.63. The Morgan fingerprint density at radius 3 is 2.75 bits per heavy atom. The highest BCUT2D eigenvalue weighted by atomic mass is 16.3. The van der Waals surface area contributed by atoms with Gasteiger partial charge in [-0.25, -0.2) is 0 Å². The van der Waals surface area contributed by atoms with E-state index in [0.717, 1.165) is 5.76 Å². The van der Waals surface area contributed by atoms with Crippen LogP contribution in [0.2, 0.25) is 0 Å². The van der Waals surface area contributed by atoms with E-state index in [1.807, 2.05) is 19.1 Å². The van der Waals surface area contributed by atoms with Gasteiger partial charge in [-0.3, -0.25) is 10.1 Å². The van der Waals surface area contributed by atoms with E-state index in [1.165, 1.54) is 0 Å². The van der Waals surface area contributed by atoms with Gasteiger partial charge in [0.2, 0.25) is 5.91 Å². The zero-order valence-corrected chi connectivity index (χ0v) is 10.1. The molecule has 1 rings (SSSR count). The Balaban J connectivity index is 2.23. The molecule has 0 bridgehead atoms. The van der Waals surface area contributed by atoms with Crippen molar-refractivity contribution in [2.75, 3.05) is 6.54 Å². The summed E-state index contributed by atoms with van der Waals surface area (Å²) in [6.45, 7) is 7.27. The number of nitrogens with one attached hydrogen (secondary N) is 2. The predicted octanol–water partition coefficient (Wildman–Crippen LogP) is 1.53. The Labute approximate surface area is 96.4 Å². The van der Waals surface area contributed by atoms with Crippen molar-refractivity contribution >= 4 is 5.91 Å². The van der Waals surface area contributed by atoms with E-state index in [9.17, 15) is 4.79 Å². The molecule has 0 aliphatic heterocycles. The van der Waals surface area contributed by atoms with Crippen LogP contribution in [0, 0.1) is 5.92 Å². The Hall–Kier alpha value is -1.29. The monoisotopic (exact) mass is 224 g/mol. The van der Waals surface area contributed by atoms with Gasteiger partial charge >= 0.3 is 0 Å². The quantitative estimate of drug-likeness (QED) is 0.770. The SMILES string of the molecule is CC(C)CNC(=O)C(C)NCc1ccco1. The summed E-state index contributed by atoms with van der Waals surface area (Å²) < 4.78 is 5.17. The third-order valence-electron chi connectivity index (χ3n) is 2.24. The summed E-state index contributed by atoms with van der Waals surface area (Å²) in [5.41, 5.74) is 0. The van der Waals surface area contributed by atoms with Gasteiger partial charge in [0.15, 0.2) is 0 Å². The number of furan rings is 1. The van der Waals surface area contributed by atoms with Crippen LogP contribution in [0.25, 0.3) is 0 Å². The van der Waals surface area contributed by atoms with Crippen LogP contribution >= 0.6 is 0 Å². The molecule has 4 nitrogen and oxygen atoms in total. The standard InChI is InChI=1S/C12H20N2O2/c1-9(2)7-14-12(15)10(3)13-8-11-5-4-6-16-11/h4-6,9-10,13H,7-8H2,1-3H3,(H,14,15). The molecule has 1 aromatic heterocycles. The van der Waals surface area contributed by atoms with E-state index in [2.05, 4.69) is 24.5 Å². The second-order valence-electron chi connectivity index (χ2n) is 4.32. The summed E-state index contributed by atoms with van der Waals surface area (Å²) in [5, 5.41) is 5.98. The number of rotatable bonds is 6. The largest absolute Gasteiger partial charge is 0.468 e. The maximum atomic E-state index is 11.6. The molecule has 0 aromatic carbocycles. The fourth-order valence-corrected chi connectivity index (χ4v) is 1.22. The zero-order valence-electron chi connectivity index (χ0n) is 10.1. The lowest BCUT2D eigenvalue weighted by molar-refractivity contribution is -0.122. The Morgan fingerprint density at radius 1 is 1.44 bits per heavy atom. The van der Waals surface area contributed by atoms with Crippen LogP contribution < -0.4 is 10.6 Å². The molecule has 0 spiro atoms. The van der Waals surface area contributed by atoms with Crippen LogP contribution in [-0.2, 0) is 11.3 Å². The van der Waals surface area contributed by atoms with Crippen molar-refractivity contribution < 1.29 is 9.21 Å². The minimum absolute atomic E-state index is 0.0280. The molecule has 1 amide bonds. The van der Waals surface area contributed by atoms with E-state index in [1.54, 1.807) is 6.26 Å². The lowest BCUT2D eigenvalue weighted by Gasteiger charge is -2.14. The highest BCUT2D eigenvalue weighted by molar-refractivity contribution is 5.81. The molecular weight excluding hydrogens is 204 g/mol. The number of hydrogen-bond acceptors (Lipinski definition) is 3. The van der Waals surface area contributed by atoms with Crippen molar-refractivity contribution in [3.63, 3.8) is 0 Å². The molecule has 1 heterocycles. The van der Waals surface area contributed by atoms with Gasteiger partial charge < -0.3 is 9.73 Å². The lowest BCUT2D eigenvalue weighted by atomic mass is 10.2. The third-order valence-corrected chi connectivity index (χ3v) is 2.24. The van der Waals surface area contributed by atoms with E-state index in [4.69, 9.17) is 4.42 Å². The first-order valence-electron chi connectivity index (χ1n) is 5.63. The first-order chi connectivity index (χ1) is 7.59. The smallest absolute Gasteiger partial charge is 0.236 e. The second-order valence-corrected chi connectivity index (χ2v) is 4.32. The first-order valence-corrected chi connectivity index (χ1v) is 5.63. The van der Waals surface area contributed by atoms with Crippen LogP contribution in [0.5, 0.6) is 0 Å². The molecule has 1 aromatic rings. The van der Waals surface area contributed by atoms with E-state index >= 15 is 0 Å². The molecule has 1 atom stereocenters. The molecule has 16 heavy (non-hydrogen) atoms. The molecule has 1 unspecified atom stereocenters. The van der Waals surface area contributed by atoms with Gasteiger partial charge in [0.1, 0.15) is 5.76 Å². The fraction of sp³-hybridized carbons (Fsp3) is 0.583. The van der Waals surface area contributed by atoms with Gasteiger partial charge in [-0.2, -0.15) is 0 Å². The van der Waals surface area contributed by atoms with Crippen molar-refractivity contribution in [1.29, 1.82) is 0 Å².